The predicted octanol–water partition coefficient (Wildman–Crippen LogP) is 4.33. The molecule has 0 aliphatic carbocycles. The average Bonchev–Trinajstić information content (AvgIpc) is 2.96. The molecule has 1 atom stereocenters. The Bertz CT molecular complexity index is 1090. The number of fused-ring (bicyclic) bond motifs is 1. The van der Waals surface area contributed by atoms with Crippen LogP contribution in [-0.4, -0.2) is 58.3 Å². The summed E-state index contributed by atoms with van der Waals surface area (Å²) in [6, 6.07) is 8.20. The van der Waals surface area contributed by atoms with Gasteiger partial charge < -0.3 is 9.80 Å². The van der Waals surface area contributed by atoms with Crippen LogP contribution in [0.25, 0.3) is 10.1 Å². The number of amides is 2. The number of carbonyl (C=O) groups is 2. The second-order valence-electron chi connectivity index (χ2n) is 8.35. The van der Waals surface area contributed by atoms with Crippen LogP contribution < -0.4 is 0 Å². The van der Waals surface area contributed by atoms with Gasteiger partial charge >= 0.3 is 0 Å². The Morgan fingerprint density at radius 2 is 1.94 bits per heavy atom. The lowest BCUT2D eigenvalue weighted by Crippen LogP contribution is -2.42. The zero-order valence-corrected chi connectivity index (χ0v) is 19.1. The van der Waals surface area contributed by atoms with E-state index < -0.39 is 0 Å². The van der Waals surface area contributed by atoms with E-state index in [4.69, 9.17) is 0 Å². The number of thiophene rings is 1. The molecule has 0 spiro atoms. The van der Waals surface area contributed by atoms with Gasteiger partial charge in [0.25, 0.3) is 11.8 Å². The van der Waals surface area contributed by atoms with E-state index in [0.717, 1.165) is 51.9 Å². The van der Waals surface area contributed by atoms with Crippen LogP contribution in [0.5, 0.6) is 0 Å². The third-order valence-corrected chi connectivity index (χ3v) is 7.08. The van der Waals surface area contributed by atoms with Gasteiger partial charge in [0.2, 0.25) is 0 Å². The van der Waals surface area contributed by atoms with E-state index in [1.807, 2.05) is 24.0 Å². The fourth-order valence-electron chi connectivity index (χ4n) is 4.22. The zero-order chi connectivity index (χ0) is 22.0. The lowest BCUT2D eigenvalue weighted by atomic mass is 9.97. The molecule has 1 unspecified atom stereocenters. The Balaban J connectivity index is 1.71. The van der Waals surface area contributed by atoms with Crippen molar-refractivity contribution in [2.75, 3.05) is 20.6 Å². The molecule has 1 aliphatic rings. The minimum atomic E-state index is -0.0700. The summed E-state index contributed by atoms with van der Waals surface area (Å²) in [6.45, 7) is 2.57. The van der Waals surface area contributed by atoms with Crippen molar-refractivity contribution >= 4 is 33.2 Å². The molecule has 1 saturated heterocycles. The van der Waals surface area contributed by atoms with Crippen LogP contribution in [0.1, 0.15) is 57.1 Å². The molecule has 2 amide bonds. The lowest BCUT2D eigenvalue weighted by molar-refractivity contribution is 0.0675. The number of rotatable bonds is 4. The van der Waals surface area contributed by atoms with Gasteiger partial charge in [0.05, 0.1) is 16.8 Å². The highest BCUT2D eigenvalue weighted by molar-refractivity contribution is 7.21. The van der Waals surface area contributed by atoms with Gasteiger partial charge in [-0.1, -0.05) is 31.0 Å². The second kappa shape index (κ2) is 9.14. The van der Waals surface area contributed by atoms with Crippen LogP contribution in [-0.2, 0) is 6.42 Å². The van der Waals surface area contributed by atoms with Gasteiger partial charge in [0.15, 0.2) is 0 Å². The van der Waals surface area contributed by atoms with Crippen molar-refractivity contribution in [3.05, 3.63) is 58.5 Å². The van der Waals surface area contributed by atoms with Gasteiger partial charge in [-0.25, -0.2) is 4.98 Å². The number of hydrogen-bond donors (Lipinski definition) is 0. The van der Waals surface area contributed by atoms with E-state index in [-0.39, 0.29) is 17.9 Å². The molecule has 4 rings (SSSR count). The minimum absolute atomic E-state index is 0.0205. The van der Waals surface area contributed by atoms with Gasteiger partial charge in [0.1, 0.15) is 5.69 Å². The van der Waals surface area contributed by atoms with Crippen molar-refractivity contribution in [2.24, 2.45) is 0 Å². The van der Waals surface area contributed by atoms with Gasteiger partial charge in [-0.2, -0.15) is 0 Å². The lowest BCUT2D eigenvalue weighted by Gasteiger charge is -2.30. The van der Waals surface area contributed by atoms with Gasteiger partial charge in [-0.15, -0.1) is 11.3 Å². The number of aromatic nitrogens is 2. The van der Waals surface area contributed by atoms with Crippen LogP contribution in [0.2, 0.25) is 0 Å². The molecule has 0 N–H and O–H groups in total. The molecule has 2 aromatic heterocycles. The standard InChI is InChI=1S/C24H28N4O2S/c1-16-14-26-20(15-25-16)23(29)28-12-8-4-5-9-17(28)13-19-18-10-6-7-11-21(18)31-22(19)24(30)27(2)3/h6-7,10-11,14-15,17H,4-5,8-9,12-13H2,1-3H3. The van der Waals surface area contributed by atoms with E-state index in [9.17, 15) is 9.59 Å². The van der Waals surface area contributed by atoms with Crippen LogP contribution in [0.3, 0.4) is 0 Å². The Kier molecular flexibility index (Phi) is 6.32. The van der Waals surface area contributed by atoms with Gasteiger partial charge in [-0.3, -0.25) is 14.6 Å². The first-order valence-corrected chi connectivity index (χ1v) is 11.6. The van der Waals surface area contributed by atoms with E-state index in [1.165, 1.54) is 0 Å². The fourth-order valence-corrected chi connectivity index (χ4v) is 5.47. The first-order valence-electron chi connectivity index (χ1n) is 10.8. The highest BCUT2D eigenvalue weighted by Crippen LogP contribution is 2.35. The molecule has 31 heavy (non-hydrogen) atoms. The first-order chi connectivity index (χ1) is 15.0. The summed E-state index contributed by atoms with van der Waals surface area (Å²) < 4.78 is 1.11. The Labute approximate surface area is 186 Å². The number of carbonyl (C=O) groups excluding carboxylic acids is 2. The molecule has 3 aromatic rings. The maximum Gasteiger partial charge on any atom is 0.274 e. The smallest absolute Gasteiger partial charge is 0.274 e. The summed E-state index contributed by atoms with van der Waals surface area (Å²) in [7, 11) is 3.57. The molecule has 7 heteroatoms. The largest absolute Gasteiger partial charge is 0.344 e. The topological polar surface area (TPSA) is 66.4 Å². The molecule has 0 radical (unpaired) electrons. The number of hydrogen-bond acceptors (Lipinski definition) is 5. The van der Waals surface area contributed by atoms with E-state index in [2.05, 4.69) is 22.1 Å². The van der Waals surface area contributed by atoms with Crippen LogP contribution in [0.4, 0.5) is 0 Å². The minimum Gasteiger partial charge on any atom is -0.344 e. The van der Waals surface area contributed by atoms with Gasteiger partial charge in [-0.05, 0) is 43.2 Å². The van der Waals surface area contributed by atoms with E-state index in [1.54, 1.807) is 42.7 Å². The summed E-state index contributed by atoms with van der Waals surface area (Å²) in [5.41, 5.74) is 2.23. The van der Waals surface area contributed by atoms with Crippen molar-refractivity contribution < 1.29 is 9.59 Å². The highest BCUT2D eigenvalue weighted by atomic mass is 32.1. The Hall–Kier alpha value is -2.80. The van der Waals surface area contributed by atoms with Crippen molar-refractivity contribution in [2.45, 2.75) is 45.1 Å². The van der Waals surface area contributed by atoms with Crippen molar-refractivity contribution in [1.29, 1.82) is 0 Å². The molecule has 0 bridgehead atoms. The summed E-state index contributed by atoms with van der Waals surface area (Å²) in [5, 5.41) is 1.12. The molecular weight excluding hydrogens is 408 g/mol. The third kappa shape index (κ3) is 4.46. The maximum atomic E-state index is 13.3. The maximum absolute atomic E-state index is 13.3. The molecule has 162 valence electrons. The monoisotopic (exact) mass is 436 g/mol. The number of likely N-dealkylation sites (tertiary alicyclic amines) is 1. The summed E-state index contributed by atoms with van der Waals surface area (Å²) in [6.07, 6.45) is 7.96. The molecule has 1 aromatic carbocycles. The van der Waals surface area contributed by atoms with Crippen LogP contribution in [0, 0.1) is 6.92 Å². The molecule has 1 aliphatic heterocycles. The number of nitrogens with zero attached hydrogens (tertiary/aromatic N) is 4. The molecular formula is C24H28N4O2S. The quantitative estimate of drug-likeness (QED) is 0.611. The van der Waals surface area contributed by atoms with E-state index >= 15 is 0 Å². The normalized spacial score (nSPS) is 16.9. The average molecular weight is 437 g/mol. The van der Waals surface area contributed by atoms with Crippen molar-refractivity contribution in [1.82, 2.24) is 19.8 Å². The van der Waals surface area contributed by atoms with E-state index in [0.29, 0.717) is 18.7 Å². The summed E-state index contributed by atoms with van der Waals surface area (Å²) in [5.74, 6) is -0.0495. The first kappa shape index (κ1) is 21.4. The second-order valence-corrected chi connectivity index (χ2v) is 9.41. The molecule has 0 saturated carbocycles. The SMILES string of the molecule is Cc1cnc(C(=O)N2CCCCCC2Cc2c(C(=O)N(C)C)sc3ccccc23)cn1. The predicted molar refractivity (Wildman–Crippen MR) is 124 cm³/mol. The summed E-state index contributed by atoms with van der Waals surface area (Å²) >= 11 is 1.54. The van der Waals surface area contributed by atoms with Crippen LogP contribution >= 0.6 is 11.3 Å². The van der Waals surface area contributed by atoms with Crippen LogP contribution in [0.15, 0.2) is 36.7 Å². The van der Waals surface area contributed by atoms with Gasteiger partial charge in [0, 0.05) is 37.6 Å². The van der Waals surface area contributed by atoms with Crippen molar-refractivity contribution in [3.8, 4) is 0 Å². The molecule has 3 heterocycles. The highest BCUT2D eigenvalue weighted by Gasteiger charge is 2.30. The fraction of sp³-hybridized carbons (Fsp3) is 0.417. The third-order valence-electron chi connectivity index (χ3n) is 5.88. The number of benzene rings is 1. The summed E-state index contributed by atoms with van der Waals surface area (Å²) in [4.78, 5) is 39.2. The number of aryl methyl sites for hydroxylation is 1. The van der Waals surface area contributed by atoms with Crippen molar-refractivity contribution in [3.63, 3.8) is 0 Å². The molecule has 6 nitrogen and oxygen atoms in total. The zero-order valence-electron chi connectivity index (χ0n) is 18.3. The molecule has 1 fully saturated rings. The Morgan fingerprint density at radius 1 is 1.13 bits per heavy atom. The Morgan fingerprint density at radius 3 is 2.68 bits per heavy atom.